The van der Waals surface area contributed by atoms with Crippen molar-refractivity contribution in [1.82, 2.24) is 9.88 Å². The van der Waals surface area contributed by atoms with Gasteiger partial charge in [0.2, 0.25) is 0 Å². The number of halogens is 1. The van der Waals surface area contributed by atoms with Gasteiger partial charge in [-0.2, -0.15) is 0 Å². The van der Waals surface area contributed by atoms with E-state index in [4.69, 9.17) is 10.7 Å². The quantitative estimate of drug-likeness (QED) is 0.791. The van der Waals surface area contributed by atoms with E-state index in [-0.39, 0.29) is 5.82 Å². The van der Waals surface area contributed by atoms with Crippen LogP contribution in [0.25, 0.3) is 11.1 Å². The van der Waals surface area contributed by atoms with Crippen molar-refractivity contribution in [2.24, 2.45) is 10.7 Å². The number of pyridine rings is 1. The third kappa shape index (κ3) is 2.62. The van der Waals surface area contributed by atoms with Crippen molar-refractivity contribution >= 4 is 5.96 Å². The number of hydrogen-bond donors (Lipinski definition) is 1. The van der Waals surface area contributed by atoms with E-state index in [0.717, 1.165) is 16.7 Å². The Labute approximate surface area is 151 Å². The maximum Gasteiger partial charge on any atom is 0.192 e. The molecule has 4 rings (SSSR count). The summed E-state index contributed by atoms with van der Waals surface area (Å²) < 4.78 is 15.0. The van der Waals surface area contributed by atoms with Crippen molar-refractivity contribution in [2.75, 3.05) is 13.6 Å². The number of rotatable bonds is 3. The van der Waals surface area contributed by atoms with Gasteiger partial charge in [-0.25, -0.2) is 9.38 Å². The van der Waals surface area contributed by atoms with Crippen LogP contribution in [0.3, 0.4) is 0 Å². The van der Waals surface area contributed by atoms with Gasteiger partial charge in [-0.05, 0) is 29.3 Å². The topological polar surface area (TPSA) is 54.5 Å². The molecule has 0 aliphatic carbocycles. The first kappa shape index (κ1) is 16.3. The van der Waals surface area contributed by atoms with E-state index in [1.54, 1.807) is 18.5 Å². The van der Waals surface area contributed by atoms with Gasteiger partial charge in [0.05, 0.1) is 6.54 Å². The number of nitrogens with two attached hydrogens (primary N) is 1. The summed E-state index contributed by atoms with van der Waals surface area (Å²) in [5.74, 6) is 0.105. The molecular formula is C21H19FN4. The Hall–Kier alpha value is -3.21. The second kappa shape index (κ2) is 6.26. The van der Waals surface area contributed by atoms with Crippen molar-refractivity contribution in [3.63, 3.8) is 0 Å². The van der Waals surface area contributed by atoms with Gasteiger partial charge < -0.3 is 10.6 Å². The first-order valence-electron chi connectivity index (χ1n) is 8.42. The van der Waals surface area contributed by atoms with Gasteiger partial charge in [0.15, 0.2) is 5.96 Å². The Bertz CT molecular complexity index is 956. The zero-order chi connectivity index (χ0) is 18.1. The summed E-state index contributed by atoms with van der Waals surface area (Å²) in [5.41, 5.74) is 8.45. The SMILES string of the molecule is CN1CC(c2ccccc2)(c2cc(-c3cccnc3)ccc2F)N=C1N. The smallest absolute Gasteiger partial charge is 0.192 e. The fourth-order valence-electron chi connectivity index (χ4n) is 3.47. The lowest BCUT2D eigenvalue weighted by atomic mass is 9.82. The van der Waals surface area contributed by atoms with Crippen molar-refractivity contribution < 1.29 is 4.39 Å². The zero-order valence-corrected chi connectivity index (χ0v) is 14.4. The van der Waals surface area contributed by atoms with E-state index >= 15 is 0 Å². The average molecular weight is 346 g/mol. The maximum atomic E-state index is 15.0. The third-order valence-electron chi connectivity index (χ3n) is 4.82. The van der Waals surface area contributed by atoms with Crippen molar-refractivity contribution in [3.05, 3.63) is 90.0 Å². The largest absolute Gasteiger partial charge is 0.370 e. The molecule has 0 saturated carbocycles. The summed E-state index contributed by atoms with van der Waals surface area (Å²) in [6, 6.07) is 18.7. The van der Waals surface area contributed by atoms with Crippen LogP contribution in [0.1, 0.15) is 11.1 Å². The number of hydrogen-bond acceptors (Lipinski definition) is 4. The van der Waals surface area contributed by atoms with Crippen LogP contribution in [-0.2, 0) is 5.54 Å². The van der Waals surface area contributed by atoms with Crippen LogP contribution in [0.15, 0.2) is 78.0 Å². The normalized spacial score (nSPS) is 19.5. The van der Waals surface area contributed by atoms with E-state index in [1.165, 1.54) is 6.07 Å². The predicted molar refractivity (Wildman–Crippen MR) is 101 cm³/mol. The lowest BCUT2D eigenvalue weighted by Gasteiger charge is -2.28. The molecule has 5 heteroatoms. The lowest BCUT2D eigenvalue weighted by molar-refractivity contribution is 0.418. The Kier molecular flexibility index (Phi) is 3.92. The second-order valence-corrected chi connectivity index (χ2v) is 6.49. The van der Waals surface area contributed by atoms with Crippen LogP contribution in [0.2, 0.25) is 0 Å². The highest BCUT2D eigenvalue weighted by Gasteiger charge is 2.42. The van der Waals surface area contributed by atoms with Gasteiger partial charge in [0.1, 0.15) is 11.4 Å². The van der Waals surface area contributed by atoms with Gasteiger partial charge >= 0.3 is 0 Å². The zero-order valence-electron chi connectivity index (χ0n) is 14.4. The van der Waals surface area contributed by atoms with Crippen LogP contribution >= 0.6 is 0 Å². The Morgan fingerprint density at radius 3 is 2.50 bits per heavy atom. The fourth-order valence-corrected chi connectivity index (χ4v) is 3.47. The van der Waals surface area contributed by atoms with Crippen LogP contribution in [0.4, 0.5) is 4.39 Å². The molecule has 3 aromatic rings. The van der Waals surface area contributed by atoms with Crippen molar-refractivity contribution in [1.29, 1.82) is 0 Å². The number of aliphatic imine (C=N–C) groups is 1. The molecule has 4 nitrogen and oxygen atoms in total. The highest BCUT2D eigenvalue weighted by molar-refractivity contribution is 5.82. The monoisotopic (exact) mass is 346 g/mol. The summed E-state index contributed by atoms with van der Waals surface area (Å²) in [5, 5.41) is 0. The van der Waals surface area contributed by atoms with Crippen molar-refractivity contribution in [2.45, 2.75) is 5.54 Å². The van der Waals surface area contributed by atoms with Gasteiger partial charge in [0.25, 0.3) is 0 Å². The number of guanidine groups is 1. The third-order valence-corrected chi connectivity index (χ3v) is 4.82. The van der Waals surface area contributed by atoms with Gasteiger partial charge in [-0.15, -0.1) is 0 Å². The minimum absolute atomic E-state index is 0.298. The molecule has 2 N–H and O–H groups in total. The lowest BCUT2D eigenvalue weighted by Crippen LogP contribution is -2.35. The summed E-state index contributed by atoms with van der Waals surface area (Å²) >= 11 is 0. The predicted octanol–water partition coefficient (Wildman–Crippen LogP) is 3.39. The minimum Gasteiger partial charge on any atom is -0.370 e. The molecule has 0 saturated heterocycles. The molecule has 26 heavy (non-hydrogen) atoms. The standard InChI is InChI=1S/C21H19FN4/c1-26-14-21(25-20(26)23,17-7-3-2-4-8-17)18-12-15(9-10-19(18)22)16-6-5-11-24-13-16/h2-13H,14H2,1H3,(H2,23,25). The highest BCUT2D eigenvalue weighted by atomic mass is 19.1. The first-order chi connectivity index (χ1) is 12.6. The molecule has 1 aliphatic heterocycles. The second-order valence-electron chi connectivity index (χ2n) is 6.49. The Morgan fingerprint density at radius 1 is 1.04 bits per heavy atom. The summed E-state index contributed by atoms with van der Waals surface area (Å²) in [6.07, 6.45) is 3.49. The Morgan fingerprint density at radius 2 is 1.85 bits per heavy atom. The molecule has 2 heterocycles. The number of likely N-dealkylation sites (N-methyl/N-ethyl adjacent to an activating group) is 1. The molecule has 1 aromatic heterocycles. The molecule has 1 aliphatic rings. The van der Waals surface area contributed by atoms with E-state index < -0.39 is 5.54 Å². The van der Waals surface area contributed by atoms with E-state index in [0.29, 0.717) is 18.1 Å². The number of benzene rings is 2. The van der Waals surface area contributed by atoms with Gasteiger partial charge in [0, 0.05) is 30.6 Å². The minimum atomic E-state index is -0.873. The molecule has 130 valence electrons. The van der Waals surface area contributed by atoms with Crippen molar-refractivity contribution in [3.8, 4) is 11.1 Å². The van der Waals surface area contributed by atoms with Crippen LogP contribution in [0, 0.1) is 5.82 Å². The molecular weight excluding hydrogens is 327 g/mol. The van der Waals surface area contributed by atoms with Gasteiger partial charge in [-0.3, -0.25) is 4.98 Å². The van der Waals surface area contributed by atoms with Crippen LogP contribution in [-0.4, -0.2) is 29.4 Å². The molecule has 1 unspecified atom stereocenters. The van der Waals surface area contributed by atoms with E-state index in [1.807, 2.05) is 60.5 Å². The van der Waals surface area contributed by atoms with Gasteiger partial charge in [-0.1, -0.05) is 42.5 Å². The summed E-state index contributed by atoms with van der Waals surface area (Å²) in [4.78, 5) is 10.7. The maximum absolute atomic E-state index is 15.0. The molecule has 2 aromatic carbocycles. The summed E-state index contributed by atoms with van der Waals surface area (Å²) in [7, 11) is 1.87. The van der Waals surface area contributed by atoms with Crippen LogP contribution in [0.5, 0.6) is 0 Å². The molecule has 0 spiro atoms. The first-order valence-corrected chi connectivity index (χ1v) is 8.42. The fraction of sp³-hybridized carbons (Fsp3) is 0.143. The highest BCUT2D eigenvalue weighted by Crippen LogP contribution is 2.40. The molecule has 0 amide bonds. The number of nitrogens with zero attached hydrogens (tertiary/aromatic N) is 3. The number of aromatic nitrogens is 1. The van der Waals surface area contributed by atoms with E-state index in [2.05, 4.69) is 4.98 Å². The molecule has 0 fully saturated rings. The Balaban J connectivity index is 1.93. The molecule has 0 bridgehead atoms. The summed E-state index contributed by atoms with van der Waals surface area (Å²) in [6.45, 7) is 0.482. The van der Waals surface area contributed by atoms with E-state index in [9.17, 15) is 4.39 Å². The average Bonchev–Trinajstić information content (AvgIpc) is 2.99. The molecule has 1 atom stereocenters. The molecule has 0 radical (unpaired) electrons. The van der Waals surface area contributed by atoms with Crippen LogP contribution < -0.4 is 5.73 Å².